The average molecular weight is 271 g/mol. The number of anilines is 1. The molecule has 0 amide bonds. The van der Waals surface area contributed by atoms with Gasteiger partial charge in [-0.1, -0.05) is 24.6 Å². The Bertz CT molecular complexity index is 358. The summed E-state index contributed by atoms with van der Waals surface area (Å²) in [5.41, 5.74) is 2.27. The number of hydrogen-bond donors (Lipinski definition) is 1. The van der Waals surface area contributed by atoms with E-state index >= 15 is 0 Å². The van der Waals surface area contributed by atoms with E-state index in [1.54, 1.807) is 7.11 Å². The maximum Gasteiger partial charge on any atom is 0.0637 e. The van der Waals surface area contributed by atoms with Crippen molar-refractivity contribution >= 4 is 17.3 Å². The molecule has 0 aliphatic carbocycles. The Morgan fingerprint density at radius 1 is 1.39 bits per heavy atom. The molecule has 1 aromatic rings. The van der Waals surface area contributed by atoms with Gasteiger partial charge in [0.15, 0.2) is 0 Å². The topological polar surface area (TPSA) is 24.5 Å². The van der Waals surface area contributed by atoms with Crippen LogP contribution in [0.25, 0.3) is 0 Å². The van der Waals surface area contributed by atoms with Crippen LogP contribution in [0.5, 0.6) is 0 Å². The van der Waals surface area contributed by atoms with Gasteiger partial charge in [0.05, 0.1) is 6.61 Å². The fourth-order valence-electron chi connectivity index (χ4n) is 1.67. The molecule has 0 unspecified atom stereocenters. The van der Waals surface area contributed by atoms with Crippen LogP contribution < -0.4 is 10.2 Å². The van der Waals surface area contributed by atoms with E-state index in [0.717, 1.165) is 42.3 Å². The van der Waals surface area contributed by atoms with Gasteiger partial charge in [0, 0.05) is 38.0 Å². The normalized spacial score (nSPS) is 10.7. The standard InChI is InChI=1S/C14H23ClN2O/c1-4-7-16-11-12-5-6-13(10-14(12)15)17(2)8-9-18-3/h5-6,10,16H,4,7-9,11H2,1-3H3. The highest BCUT2D eigenvalue weighted by Gasteiger charge is 2.05. The van der Waals surface area contributed by atoms with Crippen molar-refractivity contribution in [3.05, 3.63) is 28.8 Å². The lowest BCUT2D eigenvalue weighted by atomic mass is 10.2. The number of halogens is 1. The lowest BCUT2D eigenvalue weighted by Crippen LogP contribution is -2.22. The molecule has 0 atom stereocenters. The van der Waals surface area contributed by atoms with E-state index < -0.39 is 0 Å². The number of methoxy groups -OCH3 is 1. The maximum atomic E-state index is 6.29. The molecule has 102 valence electrons. The third-order valence-corrected chi connectivity index (χ3v) is 3.20. The first kappa shape index (κ1) is 15.3. The summed E-state index contributed by atoms with van der Waals surface area (Å²) in [6, 6.07) is 6.20. The molecule has 1 rings (SSSR count). The second-order valence-corrected chi connectivity index (χ2v) is 4.77. The lowest BCUT2D eigenvalue weighted by Gasteiger charge is -2.19. The van der Waals surface area contributed by atoms with Crippen molar-refractivity contribution in [3.63, 3.8) is 0 Å². The van der Waals surface area contributed by atoms with E-state index in [9.17, 15) is 0 Å². The van der Waals surface area contributed by atoms with Gasteiger partial charge in [-0.3, -0.25) is 0 Å². The zero-order valence-corrected chi connectivity index (χ0v) is 12.3. The van der Waals surface area contributed by atoms with Gasteiger partial charge in [-0.15, -0.1) is 0 Å². The van der Waals surface area contributed by atoms with E-state index in [1.165, 1.54) is 0 Å². The van der Waals surface area contributed by atoms with Gasteiger partial charge in [0.25, 0.3) is 0 Å². The quantitative estimate of drug-likeness (QED) is 0.735. The molecule has 0 aromatic heterocycles. The maximum absolute atomic E-state index is 6.29. The van der Waals surface area contributed by atoms with Crippen molar-refractivity contribution in [1.82, 2.24) is 5.32 Å². The van der Waals surface area contributed by atoms with Gasteiger partial charge in [0.2, 0.25) is 0 Å². The molecule has 0 heterocycles. The Labute approximate surface area is 115 Å². The predicted molar refractivity (Wildman–Crippen MR) is 78.6 cm³/mol. The first-order valence-corrected chi connectivity index (χ1v) is 6.76. The van der Waals surface area contributed by atoms with E-state index in [4.69, 9.17) is 16.3 Å². The molecule has 1 aromatic carbocycles. The van der Waals surface area contributed by atoms with E-state index in [1.807, 2.05) is 13.1 Å². The molecule has 18 heavy (non-hydrogen) atoms. The Morgan fingerprint density at radius 2 is 2.17 bits per heavy atom. The Hall–Kier alpha value is -0.770. The molecule has 0 aliphatic heterocycles. The van der Waals surface area contributed by atoms with Crippen LogP contribution in [0.15, 0.2) is 18.2 Å². The van der Waals surface area contributed by atoms with Crippen LogP contribution in [0.1, 0.15) is 18.9 Å². The third-order valence-electron chi connectivity index (χ3n) is 2.85. The number of rotatable bonds is 8. The minimum absolute atomic E-state index is 0.716. The second kappa shape index (κ2) is 8.35. The molecule has 0 saturated heterocycles. The smallest absolute Gasteiger partial charge is 0.0637 e. The van der Waals surface area contributed by atoms with Gasteiger partial charge < -0.3 is 15.0 Å². The number of nitrogens with one attached hydrogen (secondary N) is 1. The Morgan fingerprint density at radius 3 is 2.78 bits per heavy atom. The van der Waals surface area contributed by atoms with Crippen LogP contribution in [0.4, 0.5) is 5.69 Å². The number of benzene rings is 1. The molecular weight excluding hydrogens is 248 g/mol. The highest BCUT2D eigenvalue weighted by atomic mass is 35.5. The van der Waals surface area contributed by atoms with Crippen molar-refractivity contribution in [2.24, 2.45) is 0 Å². The fraction of sp³-hybridized carbons (Fsp3) is 0.571. The van der Waals surface area contributed by atoms with Gasteiger partial charge in [-0.05, 0) is 30.7 Å². The number of likely N-dealkylation sites (N-methyl/N-ethyl adjacent to an activating group) is 1. The van der Waals surface area contributed by atoms with Crippen molar-refractivity contribution < 1.29 is 4.74 Å². The highest BCUT2D eigenvalue weighted by Crippen LogP contribution is 2.23. The van der Waals surface area contributed by atoms with Gasteiger partial charge in [-0.2, -0.15) is 0 Å². The van der Waals surface area contributed by atoms with Crippen molar-refractivity contribution in [2.45, 2.75) is 19.9 Å². The summed E-state index contributed by atoms with van der Waals surface area (Å²) in [6.45, 7) is 5.58. The molecule has 0 saturated carbocycles. The second-order valence-electron chi connectivity index (χ2n) is 4.37. The molecule has 3 nitrogen and oxygen atoms in total. The zero-order valence-electron chi connectivity index (χ0n) is 11.5. The van der Waals surface area contributed by atoms with Crippen molar-refractivity contribution in [2.75, 3.05) is 38.8 Å². The summed E-state index contributed by atoms with van der Waals surface area (Å²) in [6.07, 6.45) is 1.13. The summed E-state index contributed by atoms with van der Waals surface area (Å²) >= 11 is 6.29. The Kier molecular flexibility index (Phi) is 7.09. The monoisotopic (exact) mass is 270 g/mol. The SMILES string of the molecule is CCCNCc1ccc(N(C)CCOC)cc1Cl. The number of hydrogen-bond acceptors (Lipinski definition) is 3. The van der Waals surface area contributed by atoms with Gasteiger partial charge >= 0.3 is 0 Å². The molecule has 1 N–H and O–H groups in total. The minimum atomic E-state index is 0.716. The van der Waals surface area contributed by atoms with Crippen molar-refractivity contribution in [1.29, 1.82) is 0 Å². The van der Waals surface area contributed by atoms with Crippen LogP contribution in [-0.2, 0) is 11.3 Å². The summed E-state index contributed by atoms with van der Waals surface area (Å²) in [7, 11) is 3.75. The van der Waals surface area contributed by atoms with Crippen molar-refractivity contribution in [3.8, 4) is 0 Å². The fourth-order valence-corrected chi connectivity index (χ4v) is 1.92. The van der Waals surface area contributed by atoms with Gasteiger partial charge in [-0.25, -0.2) is 0 Å². The molecule has 0 bridgehead atoms. The third kappa shape index (κ3) is 4.84. The summed E-state index contributed by atoms with van der Waals surface area (Å²) in [5, 5.41) is 4.18. The van der Waals surface area contributed by atoms with Crippen LogP contribution in [0.2, 0.25) is 5.02 Å². The molecule has 4 heteroatoms. The summed E-state index contributed by atoms with van der Waals surface area (Å²) < 4.78 is 5.07. The van der Waals surface area contributed by atoms with Crippen LogP contribution in [-0.4, -0.2) is 33.9 Å². The van der Waals surface area contributed by atoms with E-state index in [-0.39, 0.29) is 0 Å². The zero-order chi connectivity index (χ0) is 13.4. The summed E-state index contributed by atoms with van der Waals surface area (Å²) in [5.74, 6) is 0. The first-order chi connectivity index (χ1) is 8.69. The van der Waals surface area contributed by atoms with Crippen LogP contribution in [0.3, 0.4) is 0 Å². The van der Waals surface area contributed by atoms with Crippen LogP contribution >= 0.6 is 11.6 Å². The molecular formula is C14H23ClN2O. The molecule has 0 spiro atoms. The number of ether oxygens (including phenoxy) is 1. The highest BCUT2D eigenvalue weighted by molar-refractivity contribution is 6.31. The van der Waals surface area contributed by atoms with Gasteiger partial charge in [0.1, 0.15) is 0 Å². The minimum Gasteiger partial charge on any atom is -0.383 e. The number of nitrogens with zero attached hydrogens (tertiary/aromatic N) is 1. The van der Waals surface area contributed by atoms with E-state index in [2.05, 4.69) is 29.3 Å². The van der Waals surface area contributed by atoms with E-state index in [0.29, 0.717) is 6.61 Å². The Balaban J connectivity index is 2.60. The predicted octanol–water partition coefficient (Wildman–Crippen LogP) is 2.92. The molecule has 0 radical (unpaired) electrons. The summed E-state index contributed by atoms with van der Waals surface area (Å²) in [4.78, 5) is 2.14. The average Bonchev–Trinajstić information content (AvgIpc) is 2.38. The molecule has 0 aliphatic rings. The largest absolute Gasteiger partial charge is 0.383 e. The van der Waals surface area contributed by atoms with Crippen LogP contribution in [0, 0.1) is 0 Å². The first-order valence-electron chi connectivity index (χ1n) is 6.38. The lowest BCUT2D eigenvalue weighted by molar-refractivity contribution is 0.206. The molecule has 0 fully saturated rings.